The van der Waals surface area contributed by atoms with Gasteiger partial charge in [-0.25, -0.2) is 0 Å². The summed E-state index contributed by atoms with van der Waals surface area (Å²) in [5.74, 6) is -0.101. The lowest BCUT2D eigenvalue weighted by Gasteiger charge is -2.29. The Kier molecular flexibility index (Phi) is 3.36. The number of fused-ring (bicyclic) bond motifs is 1. The van der Waals surface area contributed by atoms with E-state index in [0.29, 0.717) is 23.4 Å². The van der Waals surface area contributed by atoms with Gasteiger partial charge in [0.15, 0.2) is 5.78 Å². The Hall–Kier alpha value is -2.75. The number of carbonyl (C=O) groups is 2. The fourth-order valence-corrected chi connectivity index (χ4v) is 2.45. The molecule has 104 valence electrons. The number of hydrogen-bond acceptors (Lipinski definition) is 3. The van der Waals surface area contributed by atoms with Crippen LogP contribution in [0.4, 0.5) is 5.69 Å². The number of aromatic nitrogens is 1. The number of pyridine rings is 1. The molecular formula is C17H14N2O2. The number of carbonyl (C=O) groups excluding carboxylic acids is 2. The van der Waals surface area contributed by atoms with Crippen LogP contribution in [0.3, 0.4) is 0 Å². The number of para-hydroxylation sites is 1. The van der Waals surface area contributed by atoms with Crippen molar-refractivity contribution < 1.29 is 9.59 Å². The number of Topliss-reactive ketones (excluding diaryl/α,β-unsaturated/α-hetero) is 1. The van der Waals surface area contributed by atoms with E-state index in [1.807, 2.05) is 30.3 Å². The van der Waals surface area contributed by atoms with E-state index < -0.39 is 0 Å². The van der Waals surface area contributed by atoms with Crippen molar-refractivity contribution in [3.05, 3.63) is 65.5 Å². The molecule has 0 bridgehead atoms. The van der Waals surface area contributed by atoms with Crippen molar-refractivity contribution in [2.24, 2.45) is 0 Å². The molecule has 2 heterocycles. The van der Waals surface area contributed by atoms with Crippen LogP contribution in [0.1, 0.15) is 22.8 Å². The first-order chi connectivity index (χ1) is 10.2. The molecule has 4 nitrogen and oxygen atoms in total. The number of hydrogen-bond donors (Lipinski definition) is 0. The van der Waals surface area contributed by atoms with E-state index in [2.05, 4.69) is 4.98 Å². The Morgan fingerprint density at radius 2 is 1.90 bits per heavy atom. The third-order valence-corrected chi connectivity index (χ3v) is 3.49. The fraction of sp³-hybridized carbons (Fsp3) is 0.118. The molecule has 21 heavy (non-hydrogen) atoms. The van der Waals surface area contributed by atoms with Crippen LogP contribution in [0.15, 0.2) is 54.4 Å². The molecule has 0 N–H and O–H groups in total. The van der Waals surface area contributed by atoms with Crippen LogP contribution >= 0.6 is 0 Å². The summed E-state index contributed by atoms with van der Waals surface area (Å²) in [5, 5.41) is 0. The summed E-state index contributed by atoms with van der Waals surface area (Å²) in [6.45, 7) is 1.81. The highest BCUT2D eigenvalue weighted by Gasteiger charge is 2.28. The maximum Gasteiger partial charge on any atom is 0.224 e. The minimum Gasteiger partial charge on any atom is -0.307 e. The SMILES string of the molecule is CC(=O)N1C/C(=C/c2ccncc2)C(=O)c2ccccc21. The largest absolute Gasteiger partial charge is 0.307 e. The second kappa shape index (κ2) is 5.32. The average molecular weight is 278 g/mol. The summed E-state index contributed by atoms with van der Waals surface area (Å²) in [6, 6.07) is 10.9. The van der Waals surface area contributed by atoms with Gasteiger partial charge in [-0.3, -0.25) is 14.6 Å². The molecule has 0 fully saturated rings. The normalized spacial score (nSPS) is 16.0. The molecule has 0 unspecified atom stereocenters. The molecule has 0 radical (unpaired) electrons. The molecule has 1 aromatic carbocycles. The average Bonchev–Trinajstić information content (AvgIpc) is 2.51. The molecule has 0 saturated heterocycles. The van der Waals surface area contributed by atoms with Crippen LogP contribution < -0.4 is 4.90 Å². The van der Waals surface area contributed by atoms with Crippen molar-refractivity contribution >= 4 is 23.5 Å². The molecule has 0 aliphatic carbocycles. The van der Waals surface area contributed by atoms with Crippen LogP contribution in [-0.2, 0) is 4.79 Å². The van der Waals surface area contributed by atoms with Gasteiger partial charge in [-0.15, -0.1) is 0 Å². The maximum absolute atomic E-state index is 12.6. The van der Waals surface area contributed by atoms with Gasteiger partial charge in [0.1, 0.15) is 0 Å². The lowest BCUT2D eigenvalue weighted by molar-refractivity contribution is -0.116. The third-order valence-electron chi connectivity index (χ3n) is 3.49. The zero-order valence-electron chi connectivity index (χ0n) is 11.6. The molecular weight excluding hydrogens is 264 g/mol. The van der Waals surface area contributed by atoms with Crippen molar-refractivity contribution in [3.63, 3.8) is 0 Å². The number of benzene rings is 1. The van der Waals surface area contributed by atoms with E-state index in [1.165, 1.54) is 6.92 Å². The highest BCUT2D eigenvalue weighted by Crippen LogP contribution is 2.30. The predicted molar refractivity (Wildman–Crippen MR) is 81.0 cm³/mol. The molecule has 2 aromatic rings. The summed E-state index contributed by atoms with van der Waals surface area (Å²) in [4.78, 5) is 30.0. The molecule has 1 aliphatic rings. The van der Waals surface area contributed by atoms with E-state index in [1.54, 1.807) is 29.4 Å². The lowest BCUT2D eigenvalue weighted by atomic mass is 9.94. The van der Waals surface area contributed by atoms with E-state index in [-0.39, 0.29) is 11.7 Å². The van der Waals surface area contributed by atoms with E-state index in [0.717, 1.165) is 5.56 Å². The summed E-state index contributed by atoms with van der Waals surface area (Å²) >= 11 is 0. The molecule has 3 rings (SSSR count). The first-order valence-corrected chi connectivity index (χ1v) is 6.69. The first kappa shape index (κ1) is 13.2. The van der Waals surface area contributed by atoms with Crippen LogP contribution in [0, 0.1) is 0 Å². The molecule has 1 amide bonds. The van der Waals surface area contributed by atoms with Gasteiger partial charge < -0.3 is 4.90 Å². The Labute approximate surface area is 122 Å². The Morgan fingerprint density at radius 1 is 1.19 bits per heavy atom. The third kappa shape index (κ3) is 2.48. The Morgan fingerprint density at radius 3 is 2.62 bits per heavy atom. The second-order valence-corrected chi connectivity index (χ2v) is 4.90. The van der Waals surface area contributed by atoms with Gasteiger partial charge in [0.25, 0.3) is 0 Å². The van der Waals surface area contributed by atoms with Gasteiger partial charge >= 0.3 is 0 Å². The van der Waals surface area contributed by atoms with Crippen molar-refractivity contribution in [1.29, 1.82) is 0 Å². The number of nitrogens with zero attached hydrogens (tertiary/aromatic N) is 2. The molecule has 1 aliphatic heterocycles. The second-order valence-electron chi connectivity index (χ2n) is 4.90. The summed E-state index contributed by atoms with van der Waals surface area (Å²) in [7, 11) is 0. The first-order valence-electron chi connectivity index (χ1n) is 6.69. The maximum atomic E-state index is 12.6. The van der Waals surface area contributed by atoms with Gasteiger partial charge in [0.2, 0.25) is 5.91 Å². The molecule has 0 atom stereocenters. The smallest absolute Gasteiger partial charge is 0.224 e. The van der Waals surface area contributed by atoms with Crippen LogP contribution in [0.5, 0.6) is 0 Å². The predicted octanol–water partition coefficient (Wildman–Crippen LogP) is 2.71. The van der Waals surface area contributed by atoms with E-state index in [9.17, 15) is 9.59 Å². The van der Waals surface area contributed by atoms with Gasteiger partial charge in [-0.2, -0.15) is 0 Å². The summed E-state index contributed by atoms with van der Waals surface area (Å²) in [5.41, 5.74) is 2.76. The van der Waals surface area contributed by atoms with E-state index >= 15 is 0 Å². The summed E-state index contributed by atoms with van der Waals surface area (Å²) < 4.78 is 0. The quantitative estimate of drug-likeness (QED) is 0.754. The van der Waals surface area contributed by atoms with Gasteiger partial charge in [-0.05, 0) is 35.9 Å². The highest BCUT2D eigenvalue weighted by molar-refractivity contribution is 6.19. The van der Waals surface area contributed by atoms with Crippen LogP contribution in [-0.4, -0.2) is 23.2 Å². The molecule has 1 aromatic heterocycles. The van der Waals surface area contributed by atoms with Crippen LogP contribution in [0.2, 0.25) is 0 Å². The fourth-order valence-electron chi connectivity index (χ4n) is 2.45. The topological polar surface area (TPSA) is 50.3 Å². The van der Waals surface area contributed by atoms with Gasteiger partial charge in [0, 0.05) is 30.5 Å². The van der Waals surface area contributed by atoms with Crippen molar-refractivity contribution in [2.75, 3.05) is 11.4 Å². The highest BCUT2D eigenvalue weighted by atomic mass is 16.2. The number of amides is 1. The summed E-state index contributed by atoms with van der Waals surface area (Å²) in [6.07, 6.45) is 5.17. The Balaban J connectivity index is 2.08. The zero-order valence-corrected chi connectivity index (χ0v) is 11.6. The number of anilines is 1. The number of rotatable bonds is 1. The van der Waals surface area contributed by atoms with Gasteiger partial charge in [-0.1, -0.05) is 12.1 Å². The Bertz CT molecular complexity index is 735. The minimum absolute atomic E-state index is 0.0279. The van der Waals surface area contributed by atoms with Gasteiger partial charge in [0.05, 0.1) is 12.2 Å². The standard InChI is InChI=1S/C17H14N2O2/c1-12(20)19-11-14(10-13-6-8-18-9-7-13)17(21)15-4-2-3-5-16(15)19/h2-10H,11H2,1H3/b14-10-. The van der Waals surface area contributed by atoms with Crippen molar-refractivity contribution in [1.82, 2.24) is 4.98 Å². The van der Waals surface area contributed by atoms with Crippen molar-refractivity contribution in [3.8, 4) is 0 Å². The van der Waals surface area contributed by atoms with Crippen molar-refractivity contribution in [2.45, 2.75) is 6.92 Å². The molecule has 0 saturated carbocycles. The molecule has 0 spiro atoms. The zero-order chi connectivity index (χ0) is 14.8. The minimum atomic E-state index is -0.0735. The number of ketones is 1. The monoisotopic (exact) mass is 278 g/mol. The van der Waals surface area contributed by atoms with Crippen LogP contribution in [0.25, 0.3) is 6.08 Å². The molecule has 4 heteroatoms. The lowest BCUT2D eigenvalue weighted by Crippen LogP contribution is -2.37. The van der Waals surface area contributed by atoms with E-state index in [4.69, 9.17) is 0 Å².